The molecule has 0 saturated heterocycles. The van der Waals surface area contributed by atoms with E-state index in [1.807, 2.05) is 30.3 Å². The monoisotopic (exact) mass is 407 g/mol. The maximum absolute atomic E-state index is 12.4. The molecule has 0 N–H and O–H groups in total. The molecule has 0 fully saturated rings. The number of Topliss-reactive ketones (excluding diaryl/α,β-unsaturated/α-hetero) is 1. The lowest BCUT2D eigenvalue weighted by Crippen LogP contribution is -2.08. The summed E-state index contributed by atoms with van der Waals surface area (Å²) >= 11 is 0. The van der Waals surface area contributed by atoms with E-state index in [1.54, 1.807) is 24.3 Å². The summed E-state index contributed by atoms with van der Waals surface area (Å²) in [6, 6.07) is 16.3. The SMILES string of the molecule is O=C(CCC(=O)c1ccc2c(c1)OCCCO2)OCc1cc(-c2ccccc2)on1. The summed E-state index contributed by atoms with van der Waals surface area (Å²) in [6.07, 6.45) is 0.825. The van der Waals surface area contributed by atoms with Crippen LogP contribution in [0, 0.1) is 0 Å². The summed E-state index contributed by atoms with van der Waals surface area (Å²) in [7, 11) is 0. The lowest BCUT2D eigenvalue weighted by atomic mass is 10.1. The van der Waals surface area contributed by atoms with Crippen molar-refractivity contribution < 1.29 is 28.3 Å². The van der Waals surface area contributed by atoms with Crippen molar-refractivity contribution in [1.29, 1.82) is 0 Å². The molecule has 2 aromatic carbocycles. The summed E-state index contributed by atoms with van der Waals surface area (Å²) < 4.78 is 21.7. The lowest BCUT2D eigenvalue weighted by Gasteiger charge is -2.08. The minimum atomic E-state index is -0.470. The van der Waals surface area contributed by atoms with Gasteiger partial charge in [0.15, 0.2) is 23.0 Å². The molecule has 1 aliphatic heterocycles. The van der Waals surface area contributed by atoms with Crippen molar-refractivity contribution in [3.8, 4) is 22.8 Å². The highest BCUT2D eigenvalue weighted by Gasteiger charge is 2.16. The second kappa shape index (κ2) is 9.26. The number of hydrogen-bond donors (Lipinski definition) is 0. The standard InChI is InChI=1S/C23H21NO6/c25-19(17-7-9-20-22(13-17)28-12-4-11-27-20)8-10-23(26)29-15-18-14-21(30-24-18)16-5-2-1-3-6-16/h1-3,5-7,9,13-14H,4,8,10-12,15H2. The summed E-state index contributed by atoms with van der Waals surface area (Å²) in [5.41, 5.74) is 1.88. The van der Waals surface area contributed by atoms with Crippen LogP contribution in [0.3, 0.4) is 0 Å². The number of ether oxygens (including phenoxy) is 3. The van der Waals surface area contributed by atoms with Gasteiger partial charge in [-0.05, 0) is 18.2 Å². The Morgan fingerprint density at radius 3 is 2.57 bits per heavy atom. The van der Waals surface area contributed by atoms with Crippen LogP contribution >= 0.6 is 0 Å². The Hall–Kier alpha value is -3.61. The number of hydrogen-bond acceptors (Lipinski definition) is 7. The summed E-state index contributed by atoms with van der Waals surface area (Å²) in [5, 5.41) is 3.91. The number of rotatable bonds is 7. The van der Waals surface area contributed by atoms with Crippen LogP contribution in [0.4, 0.5) is 0 Å². The average molecular weight is 407 g/mol. The minimum Gasteiger partial charge on any atom is -0.490 e. The van der Waals surface area contributed by atoms with E-state index in [1.165, 1.54) is 0 Å². The van der Waals surface area contributed by atoms with E-state index in [0.29, 0.717) is 41.7 Å². The van der Waals surface area contributed by atoms with Crippen LogP contribution in [0.15, 0.2) is 59.1 Å². The topological polar surface area (TPSA) is 87.9 Å². The van der Waals surface area contributed by atoms with Crippen molar-refractivity contribution in [2.75, 3.05) is 13.2 Å². The van der Waals surface area contributed by atoms with Gasteiger partial charge >= 0.3 is 5.97 Å². The molecule has 0 aliphatic carbocycles. The van der Waals surface area contributed by atoms with Crippen LogP contribution in [-0.4, -0.2) is 30.1 Å². The van der Waals surface area contributed by atoms with E-state index >= 15 is 0 Å². The van der Waals surface area contributed by atoms with Crippen LogP contribution in [-0.2, 0) is 16.1 Å². The fourth-order valence-electron chi connectivity index (χ4n) is 3.04. The van der Waals surface area contributed by atoms with Gasteiger partial charge in [-0.3, -0.25) is 9.59 Å². The van der Waals surface area contributed by atoms with Crippen molar-refractivity contribution in [3.05, 3.63) is 65.9 Å². The van der Waals surface area contributed by atoms with Gasteiger partial charge < -0.3 is 18.7 Å². The van der Waals surface area contributed by atoms with E-state index in [9.17, 15) is 9.59 Å². The Bertz CT molecular complexity index is 1030. The molecule has 0 amide bonds. The van der Waals surface area contributed by atoms with Gasteiger partial charge in [0.1, 0.15) is 12.3 Å². The molecule has 0 atom stereocenters. The number of benzene rings is 2. The van der Waals surface area contributed by atoms with Crippen LogP contribution in [0.25, 0.3) is 11.3 Å². The molecule has 4 rings (SSSR count). The zero-order chi connectivity index (χ0) is 20.8. The van der Waals surface area contributed by atoms with E-state index < -0.39 is 5.97 Å². The van der Waals surface area contributed by atoms with E-state index in [-0.39, 0.29) is 25.2 Å². The lowest BCUT2D eigenvalue weighted by molar-refractivity contribution is -0.145. The number of nitrogens with zero attached hydrogens (tertiary/aromatic N) is 1. The Kier molecular flexibility index (Phi) is 6.08. The number of fused-ring (bicyclic) bond motifs is 1. The van der Waals surface area contributed by atoms with Gasteiger partial charge in [0.2, 0.25) is 0 Å². The molecule has 0 radical (unpaired) electrons. The van der Waals surface area contributed by atoms with Gasteiger partial charge in [-0.15, -0.1) is 0 Å². The second-order valence-corrected chi connectivity index (χ2v) is 6.84. The van der Waals surface area contributed by atoms with E-state index in [2.05, 4.69) is 5.16 Å². The first-order valence-corrected chi connectivity index (χ1v) is 9.78. The van der Waals surface area contributed by atoms with Gasteiger partial charge in [0.25, 0.3) is 0 Å². The van der Waals surface area contributed by atoms with Gasteiger partial charge in [-0.2, -0.15) is 0 Å². The zero-order valence-electron chi connectivity index (χ0n) is 16.3. The molecule has 2 heterocycles. The van der Waals surface area contributed by atoms with Gasteiger partial charge in [0, 0.05) is 30.0 Å². The normalized spacial score (nSPS) is 12.8. The molecule has 7 nitrogen and oxygen atoms in total. The fraction of sp³-hybridized carbons (Fsp3) is 0.261. The van der Waals surface area contributed by atoms with Crippen molar-refractivity contribution in [1.82, 2.24) is 5.16 Å². The maximum Gasteiger partial charge on any atom is 0.306 e. The largest absolute Gasteiger partial charge is 0.490 e. The highest BCUT2D eigenvalue weighted by atomic mass is 16.5. The quantitative estimate of drug-likeness (QED) is 0.428. The number of aromatic nitrogens is 1. The molecule has 0 saturated carbocycles. The predicted molar refractivity (Wildman–Crippen MR) is 107 cm³/mol. The molecule has 1 aliphatic rings. The molecule has 7 heteroatoms. The van der Waals surface area contributed by atoms with Crippen LogP contribution in [0.5, 0.6) is 11.5 Å². The molecule has 154 valence electrons. The molecule has 30 heavy (non-hydrogen) atoms. The Morgan fingerprint density at radius 2 is 1.73 bits per heavy atom. The second-order valence-electron chi connectivity index (χ2n) is 6.84. The highest BCUT2D eigenvalue weighted by molar-refractivity contribution is 5.98. The number of carbonyl (C=O) groups excluding carboxylic acids is 2. The van der Waals surface area contributed by atoms with Gasteiger partial charge in [-0.1, -0.05) is 35.5 Å². The molecule has 3 aromatic rings. The highest BCUT2D eigenvalue weighted by Crippen LogP contribution is 2.31. The first kappa shape index (κ1) is 19.7. The van der Waals surface area contributed by atoms with Gasteiger partial charge in [-0.25, -0.2) is 0 Å². The van der Waals surface area contributed by atoms with Crippen molar-refractivity contribution in [2.45, 2.75) is 25.9 Å². The minimum absolute atomic E-state index is 0.00657. The van der Waals surface area contributed by atoms with E-state index in [0.717, 1.165) is 12.0 Å². The third kappa shape index (κ3) is 4.86. The molecule has 0 unspecified atom stereocenters. The molecular weight excluding hydrogens is 386 g/mol. The summed E-state index contributed by atoms with van der Waals surface area (Å²) in [5.74, 6) is 1.16. The number of esters is 1. The summed E-state index contributed by atoms with van der Waals surface area (Å²) in [6.45, 7) is 1.13. The molecular formula is C23H21NO6. The first-order valence-electron chi connectivity index (χ1n) is 9.78. The fourth-order valence-corrected chi connectivity index (χ4v) is 3.04. The Morgan fingerprint density at radius 1 is 0.933 bits per heavy atom. The van der Waals surface area contributed by atoms with Crippen molar-refractivity contribution >= 4 is 11.8 Å². The van der Waals surface area contributed by atoms with Crippen molar-refractivity contribution in [2.24, 2.45) is 0 Å². The van der Waals surface area contributed by atoms with E-state index in [4.69, 9.17) is 18.7 Å². The zero-order valence-corrected chi connectivity index (χ0v) is 16.3. The Labute approximate surface area is 173 Å². The number of ketones is 1. The predicted octanol–water partition coefficient (Wildman–Crippen LogP) is 4.21. The Balaban J connectivity index is 1.26. The first-order chi connectivity index (χ1) is 14.7. The average Bonchev–Trinajstić information content (AvgIpc) is 3.13. The number of carbonyl (C=O) groups is 2. The molecule has 0 bridgehead atoms. The van der Waals surface area contributed by atoms with Gasteiger partial charge in [0.05, 0.1) is 19.6 Å². The van der Waals surface area contributed by atoms with Crippen LogP contribution < -0.4 is 9.47 Å². The third-order valence-corrected chi connectivity index (χ3v) is 4.62. The smallest absolute Gasteiger partial charge is 0.306 e. The summed E-state index contributed by atoms with van der Waals surface area (Å²) in [4.78, 5) is 24.5. The third-order valence-electron chi connectivity index (χ3n) is 4.62. The van der Waals surface area contributed by atoms with Crippen LogP contribution in [0.2, 0.25) is 0 Å². The maximum atomic E-state index is 12.4. The van der Waals surface area contributed by atoms with Crippen LogP contribution in [0.1, 0.15) is 35.3 Å². The van der Waals surface area contributed by atoms with Crippen molar-refractivity contribution in [3.63, 3.8) is 0 Å². The molecule has 0 spiro atoms. The molecule has 1 aromatic heterocycles.